The molecule has 1 aromatic heterocycles. The smallest absolute Gasteiger partial charge is 0.416 e. The topological polar surface area (TPSA) is 103 Å². The molecule has 3 heterocycles. The second-order valence-corrected chi connectivity index (χ2v) is 12.2. The van der Waals surface area contributed by atoms with E-state index in [1.54, 1.807) is 20.8 Å². The number of hydrogen-bond acceptors (Lipinski definition) is 7. The summed E-state index contributed by atoms with van der Waals surface area (Å²) in [6, 6.07) is -0.277. The Kier molecular flexibility index (Phi) is 7.25. The van der Waals surface area contributed by atoms with Crippen LogP contribution in [0, 0.1) is 11.6 Å². The first-order valence-corrected chi connectivity index (χ1v) is 13.5. The van der Waals surface area contributed by atoms with Gasteiger partial charge in [-0.05, 0) is 45.4 Å². The highest BCUT2D eigenvalue weighted by molar-refractivity contribution is 7.89. The minimum absolute atomic E-state index is 0.0659. The first-order valence-electron chi connectivity index (χ1n) is 11.6. The van der Waals surface area contributed by atoms with E-state index in [-0.39, 0.29) is 25.2 Å². The van der Waals surface area contributed by atoms with E-state index in [2.05, 4.69) is 10.4 Å². The molecule has 1 fully saturated rings. The molecule has 4 atom stereocenters. The summed E-state index contributed by atoms with van der Waals surface area (Å²) in [5, 5.41) is 6.44. The fourth-order valence-electron chi connectivity index (χ4n) is 4.66. The van der Waals surface area contributed by atoms with Crippen molar-refractivity contribution >= 4 is 16.1 Å². The predicted molar refractivity (Wildman–Crippen MR) is 123 cm³/mol. The third-order valence-corrected chi connectivity index (χ3v) is 7.05. The van der Waals surface area contributed by atoms with E-state index in [4.69, 9.17) is 9.47 Å². The van der Waals surface area contributed by atoms with Gasteiger partial charge in [0.25, 0.3) is 10.0 Å². The second-order valence-electron chi connectivity index (χ2n) is 10.4. The highest BCUT2D eigenvalue weighted by Crippen LogP contribution is 2.43. The molecular weight excluding hydrogens is 539 g/mol. The van der Waals surface area contributed by atoms with Crippen LogP contribution < -0.4 is 5.32 Å². The van der Waals surface area contributed by atoms with Gasteiger partial charge in [0, 0.05) is 36.5 Å². The Bertz CT molecular complexity index is 1300. The molecule has 9 nitrogen and oxygen atoms in total. The lowest BCUT2D eigenvalue weighted by atomic mass is 9.88. The number of rotatable bonds is 4. The van der Waals surface area contributed by atoms with Gasteiger partial charge in [0.1, 0.15) is 23.3 Å². The number of aromatic nitrogens is 2. The largest absolute Gasteiger partial charge is 0.444 e. The highest BCUT2D eigenvalue weighted by Gasteiger charge is 2.55. The van der Waals surface area contributed by atoms with Crippen molar-refractivity contribution in [1.29, 1.82) is 0 Å². The summed E-state index contributed by atoms with van der Waals surface area (Å²) in [6.45, 7) is 4.59. The molecule has 1 N–H and O–H groups in total. The van der Waals surface area contributed by atoms with Crippen LogP contribution in [0.25, 0.3) is 0 Å². The maximum absolute atomic E-state index is 14.7. The lowest BCUT2D eigenvalue weighted by Crippen LogP contribution is -2.59. The number of hydrogen-bond donors (Lipinski definition) is 1. The van der Waals surface area contributed by atoms with Crippen molar-refractivity contribution < 1.29 is 44.6 Å². The Morgan fingerprint density at radius 1 is 1.18 bits per heavy atom. The summed E-state index contributed by atoms with van der Waals surface area (Å²) in [6.07, 6.45) is -8.17. The zero-order valence-electron chi connectivity index (χ0n) is 20.9. The van der Waals surface area contributed by atoms with Gasteiger partial charge in [-0.2, -0.15) is 22.4 Å². The summed E-state index contributed by atoms with van der Waals surface area (Å²) >= 11 is 0. The van der Waals surface area contributed by atoms with Gasteiger partial charge < -0.3 is 14.8 Å². The Labute approximate surface area is 215 Å². The molecule has 2 aliphatic heterocycles. The number of carbonyl (C=O) groups is 1. The van der Waals surface area contributed by atoms with Crippen molar-refractivity contribution in [2.75, 3.05) is 6.26 Å². The Morgan fingerprint density at radius 3 is 2.45 bits per heavy atom. The minimum Gasteiger partial charge on any atom is -0.444 e. The minimum atomic E-state index is -4.91. The molecule has 1 amide bonds. The molecule has 0 radical (unpaired) electrons. The molecule has 2 aliphatic rings. The Hall–Kier alpha value is -2.78. The average molecular weight is 567 g/mol. The van der Waals surface area contributed by atoms with E-state index in [1.165, 1.54) is 11.1 Å². The van der Waals surface area contributed by atoms with Crippen LogP contribution in [-0.2, 0) is 32.6 Å². The van der Waals surface area contributed by atoms with Gasteiger partial charge in [0.05, 0.1) is 18.0 Å². The van der Waals surface area contributed by atoms with Crippen molar-refractivity contribution in [3.05, 3.63) is 52.9 Å². The first kappa shape index (κ1) is 28.2. The van der Waals surface area contributed by atoms with Crippen molar-refractivity contribution in [2.24, 2.45) is 0 Å². The van der Waals surface area contributed by atoms with Crippen molar-refractivity contribution in [3.63, 3.8) is 0 Å². The first-order chi connectivity index (χ1) is 17.4. The molecule has 210 valence electrons. The summed E-state index contributed by atoms with van der Waals surface area (Å²) in [4.78, 5) is 14.0. The average Bonchev–Trinajstić information content (AvgIpc) is 3.32. The zero-order valence-corrected chi connectivity index (χ0v) is 21.7. The normalized spacial score (nSPS) is 24.8. The van der Waals surface area contributed by atoms with Gasteiger partial charge in [-0.3, -0.25) is 4.90 Å². The zero-order chi connectivity index (χ0) is 28.2. The molecule has 1 aromatic carbocycles. The van der Waals surface area contributed by atoms with E-state index in [0.29, 0.717) is 5.56 Å². The maximum atomic E-state index is 14.7. The van der Waals surface area contributed by atoms with Gasteiger partial charge >= 0.3 is 12.3 Å². The molecule has 4 rings (SSSR count). The number of alkyl halides is 3. The molecule has 0 saturated carbocycles. The quantitative estimate of drug-likeness (QED) is 0.564. The van der Waals surface area contributed by atoms with Crippen LogP contribution in [-0.4, -0.2) is 64.8 Å². The molecule has 15 heteroatoms. The van der Waals surface area contributed by atoms with Gasteiger partial charge in [-0.1, -0.05) is 0 Å². The molecule has 38 heavy (non-hydrogen) atoms. The van der Waals surface area contributed by atoms with Crippen molar-refractivity contribution in [1.82, 2.24) is 19.4 Å². The van der Waals surface area contributed by atoms with Crippen LogP contribution in [0.3, 0.4) is 0 Å². The molecule has 0 unspecified atom stereocenters. The highest BCUT2D eigenvalue weighted by atomic mass is 32.2. The van der Waals surface area contributed by atoms with Crippen LogP contribution in [0.1, 0.15) is 50.1 Å². The number of nitrogens with one attached hydrogen (secondary N) is 1. The number of ether oxygens (including phenoxy) is 2. The van der Waals surface area contributed by atoms with Crippen LogP contribution in [0.15, 0.2) is 24.4 Å². The molecule has 0 aliphatic carbocycles. The number of fused-ring (bicyclic) bond motifs is 1. The van der Waals surface area contributed by atoms with Crippen molar-refractivity contribution in [2.45, 2.75) is 76.4 Å². The summed E-state index contributed by atoms with van der Waals surface area (Å²) in [5.41, 5.74) is -0.708. The summed E-state index contributed by atoms with van der Waals surface area (Å²) in [7, 11) is -3.69. The van der Waals surface area contributed by atoms with Crippen LogP contribution >= 0.6 is 0 Å². The number of benzene rings is 1. The number of nitrogens with zero attached hydrogens (tertiary/aromatic N) is 3. The fraction of sp³-hybridized carbons (Fsp3) is 0.565. The third-order valence-electron chi connectivity index (χ3n) is 6.18. The maximum Gasteiger partial charge on any atom is 0.416 e. The Morgan fingerprint density at radius 2 is 1.87 bits per heavy atom. The third kappa shape index (κ3) is 6.10. The standard InChI is InChI=1S/C23H27F5N4O5S/c1-22(2,3)37-21(33)29-16-8-18(31-9-12-10-32(38(4,34)35)30-17(12)11-31)20(23(26,27)28)36-19(16)14-7-13(24)5-6-15(14)25/h5-7,10,16,18-20H,8-9,11H2,1-4H3,(H,29,33)/t16-,18-,19+,20+/m0/s1. The van der Waals surface area contributed by atoms with Crippen LogP contribution in [0.5, 0.6) is 0 Å². The van der Waals surface area contributed by atoms with E-state index < -0.39 is 69.4 Å². The lowest BCUT2D eigenvalue weighted by molar-refractivity contribution is -0.270. The lowest BCUT2D eigenvalue weighted by Gasteiger charge is -2.45. The number of halogens is 5. The van der Waals surface area contributed by atoms with Crippen LogP contribution in [0.4, 0.5) is 26.7 Å². The molecule has 0 bridgehead atoms. The summed E-state index contributed by atoms with van der Waals surface area (Å²) in [5.74, 6) is -1.89. The second kappa shape index (κ2) is 9.75. The van der Waals surface area contributed by atoms with Gasteiger partial charge in [0.15, 0.2) is 6.10 Å². The molecule has 0 spiro atoms. The van der Waals surface area contributed by atoms with Crippen LogP contribution in [0.2, 0.25) is 0 Å². The summed E-state index contributed by atoms with van der Waals surface area (Å²) < 4.78 is 106. The van der Waals surface area contributed by atoms with Crippen molar-refractivity contribution in [3.8, 4) is 0 Å². The number of amides is 1. The Balaban J connectivity index is 1.68. The van der Waals surface area contributed by atoms with E-state index in [1.807, 2.05) is 0 Å². The molecular formula is C23H27F5N4O5S. The van der Waals surface area contributed by atoms with Gasteiger partial charge in [-0.25, -0.2) is 22.0 Å². The monoisotopic (exact) mass is 566 g/mol. The molecule has 1 saturated heterocycles. The van der Waals surface area contributed by atoms with Gasteiger partial charge in [0.2, 0.25) is 0 Å². The predicted octanol–water partition coefficient (Wildman–Crippen LogP) is 3.64. The van der Waals surface area contributed by atoms with E-state index >= 15 is 0 Å². The van der Waals surface area contributed by atoms with Gasteiger partial charge in [-0.15, -0.1) is 0 Å². The number of carbonyl (C=O) groups excluding carboxylic acids is 1. The SMILES string of the molecule is CC(C)(C)OC(=O)N[C@H]1C[C@H](N2Cc3cn(S(C)(=O)=O)nc3C2)[C@H](C(F)(F)F)O[C@@H]1c1cc(F)ccc1F. The fourth-order valence-corrected chi connectivity index (χ4v) is 5.23. The molecule has 2 aromatic rings. The van der Waals surface area contributed by atoms with E-state index in [9.17, 15) is 35.2 Å². The number of alkyl carbamates (subject to hydrolysis) is 1. The van der Waals surface area contributed by atoms with E-state index in [0.717, 1.165) is 28.5 Å².